The first-order chi connectivity index (χ1) is 5.79. The lowest BCUT2D eigenvalue weighted by molar-refractivity contribution is -0.115. The van der Waals surface area contributed by atoms with Gasteiger partial charge in [0.2, 0.25) is 0 Å². The van der Waals surface area contributed by atoms with Crippen LogP contribution >= 0.6 is 11.6 Å². The summed E-state index contributed by atoms with van der Waals surface area (Å²) in [6, 6.07) is 0. The number of aliphatic imine (C=N–C) groups is 1. The van der Waals surface area contributed by atoms with E-state index in [0.29, 0.717) is 5.03 Å². The highest BCUT2D eigenvalue weighted by Gasteiger charge is 2.27. The molecule has 0 aromatic carbocycles. The number of ketones is 1. The normalized spacial score (nSPS) is 26.4. The second-order valence-corrected chi connectivity index (χ2v) is 3.05. The lowest BCUT2D eigenvalue weighted by Gasteiger charge is -2.17. The van der Waals surface area contributed by atoms with Crippen molar-refractivity contribution in [1.82, 2.24) is 0 Å². The number of fused-ring (bicyclic) bond motifs is 1. The predicted molar refractivity (Wildman–Crippen MR) is 48.1 cm³/mol. The van der Waals surface area contributed by atoms with E-state index >= 15 is 0 Å². The molecule has 0 amide bonds. The molecule has 0 fully saturated rings. The number of allylic oxidation sites excluding steroid dienone is 5. The van der Waals surface area contributed by atoms with E-state index in [4.69, 9.17) is 11.6 Å². The molecule has 0 radical (unpaired) electrons. The van der Waals surface area contributed by atoms with E-state index in [1.165, 1.54) is 12.3 Å². The van der Waals surface area contributed by atoms with Crippen LogP contribution in [-0.4, -0.2) is 11.5 Å². The molecule has 0 saturated heterocycles. The van der Waals surface area contributed by atoms with Crippen LogP contribution in [0.4, 0.5) is 0 Å². The maximum atomic E-state index is 11.3. The van der Waals surface area contributed by atoms with Gasteiger partial charge in [-0.05, 0) is 12.2 Å². The Bertz CT molecular complexity index is 350. The molecule has 1 aliphatic carbocycles. The standard InChI is InChI=1S/C9H6ClNO/c10-6-2-1-3-7-9(6)8(12)4-5-11-7/h1-5,9H. The van der Waals surface area contributed by atoms with Crippen molar-refractivity contribution in [2.24, 2.45) is 10.9 Å². The maximum Gasteiger partial charge on any atom is 0.171 e. The van der Waals surface area contributed by atoms with Gasteiger partial charge in [-0.15, -0.1) is 0 Å². The fraction of sp³-hybridized carbons (Fsp3) is 0.111. The van der Waals surface area contributed by atoms with Crippen LogP contribution in [-0.2, 0) is 4.79 Å². The SMILES string of the molecule is O=C1C=CN=C2C=CC=C(Cl)C12. The second kappa shape index (κ2) is 2.72. The Balaban J connectivity index is 2.47. The molecule has 0 bridgehead atoms. The lowest BCUT2D eigenvalue weighted by Crippen LogP contribution is -2.25. The molecule has 1 aliphatic heterocycles. The monoisotopic (exact) mass is 179 g/mol. The summed E-state index contributed by atoms with van der Waals surface area (Å²) in [4.78, 5) is 15.4. The molecule has 3 heteroatoms. The summed E-state index contributed by atoms with van der Waals surface area (Å²) >= 11 is 5.86. The van der Waals surface area contributed by atoms with E-state index in [2.05, 4.69) is 4.99 Å². The topological polar surface area (TPSA) is 29.4 Å². The number of nitrogens with zero attached hydrogens (tertiary/aromatic N) is 1. The average Bonchev–Trinajstić information content (AvgIpc) is 2.04. The second-order valence-electron chi connectivity index (χ2n) is 2.62. The largest absolute Gasteiger partial charge is 0.294 e. The van der Waals surface area contributed by atoms with E-state index in [1.807, 2.05) is 0 Å². The molecule has 1 atom stereocenters. The van der Waals surface area contributed by atoms with Crippen LogP contribution in [0.5, 0.6) is 0 Å². The van der Waals surface area contributed by atoms with Gasteiger partial charge in [0, 0.05) is 17.3 Å². The molecule has 12 heavy (non-hydrogen) atoms. The van der Waals surface area contributed by atoms with Crippen molar-refractivity contribution < 1.29 is 4.79 Å². The number of carbonyl (C=O) groups is 1. The number of halogens is 1. The molecule has 0 saturated carbocycles. The summed E-state index contributed by atoms with van der Waals surface area (Å²) < 4.78 is 0. The van der Waals surface area contributed by atoms with Crippen molar-refractivity contribution in [2.45, 2.75) is 0 Å². The third kappa shape index (κ3) is 1.04. The minimum absolute atomic E-state index is 0.00519. The maximum absolute atomic E-state index is 11.3. The van der Waals surface area contributed by atoms with Gasteiger partial charge in [0.05, 0.1) is 11.6 Å². The van der Waals surface area contributed by atoms with Crippen LogP contribution in [0.25, 0.3) is 0 Å². The first kappa shape index (κ1) is 7.50. The van der Waals surface area contributed by atoms with Gasteiger partial charge < -0.3 is 0 Å². The minimum atomic E-state index is -0.346. The van der Waals surface area contributed by atoms with E-state index in [9.17, 15) is 4.79 Å². The van der Waals surface area contributed by atoms with E-state index < -0.39 is 0 Å². The highest BCUT2D eigenvalue weighted by molar-refractivity contribution is 6.37. The van der Waals surface area contributed by atoms with Crippen LogP contribution in [0.2, 0.25) is 0 Å². The van der Waals surface area contributed by atoms with Gasteiger partial charge in [-0.2, -0.15) is 0 Å². The van der Waals surface area contributed by atoms with Gasteiger partial charge in [0.15, 0.2) is 5.78 Å². The molecule has 2 nitrogen and oxygen atoms in total. The first-order valence-electron chi connectivity index (χ1n) is 3.61. The van der Waals surface area contributed by atoms with Crippen LogP contribution in [0, 0.1) is 5.92 Å². The van der Waals surface area contributed by atoms with Crippen LogP contribution in [0.1, 0.15) is 0 Å². The van der Waals surface area contributed by atoms with Crippen molar-refractivity contribution in [1.29, 1.82) is 0 Å². The molecule has 0 spiro atoms. The highest BCUT2D eigenvalue weighted by atomic mass is 35.5. The lowest BCUT2D eigenvalue weighted by atomic mass is 9.92. The highest BCUT2D eigenvalue weighted by Crippen LogP contribution is 2.25. The van der Waals surface area contributed by atoms with Gasteiger partial charge in [0.25, 0.3) is 0 Å². The van der Waals surface area contributed by atoms with Crippen molar-refractivity contribution in [3.8, 4) is 0 Å². The Morgan fingerprint density at radius 2 is 2.25 bits per heavy atom. The smallest absolute Gasteiger partial charge is 0.171 e. The summed E-state index contributed by atoms with van der Waals surface area (Å²) in [5.74, 6) is -0.340. The van der Waals surface area contributed by atoms with Crippen LogP contribution < -0.4 is 0 Å². The van der Waals surface area contributed by atoms with Gasteiger partial charge in [0.1, 0.15) is 0 Å². The molecular formula is C9H6ClNO. The molecule has 0 aromatic heterocycles. The molecular weight excluding hydrogens is 174 g/mol. The number of hydrogen-bond acceptors (Lipinski definition) is 2. The molecule has 0 N–H and O–H groups in total. The number of carbonyl (C=O) groups excluding carboxylic acids is 1. The quantitative estimate of drug-likeness (QED) is 0.558. The fourth-order valence-electron chi connectivity index (χ4n) is 1.26. The Morgan fingerprint density at radius 1 is 1.42 bits per heavy atom. The molecule has 60 valence electrons. The summed E-state index contributed by atoms with van der Waals surface area (Å²) in [7, 11) is 0. The Kier molecular flexibility index (Phi) is 1.70. The molecule has 0 aromatic rings. The van der Waals surface area contributed by atoms with Crippen LogP contribution in [0.3, 0.4) is 0 Å². The molecule has 1 unspecified atom stereocenters. The predicted octanol–water partition coefficient (Wildman–Crippen LogP) is 1.83. The zero-order valence-electron chi connectivity index (χ0n) is 6.20. The van der Waals surface area contributed by atoms with Gasteiger partial charge >= 0.3 is 0 Å². The Morgan fingerprint density at radius 3 is 3.00 bits per heavy atom. The molecule has 2 aliphatic rings. The third-order valence-electron chi connectivity index (χ3n) is 1.84. The summed E-state index contributed by atoms with van der Waals surface area (Å²) in [5, 5.41) is 0.547. The van der Waals surface area contributed by atoms with Crippen molar-refractivity contribution in [3.05, 3.63) is 35.5 Å². The summed E-state index contributed by atoms with van der Waals surface area (Å²) in [6.45, 7) is 0. The molecule has 1 heterocycles. The Hall–Kier alpha value is -1.15. The zero-order valence-corrected chi connectivity index (χ0v) is 6.95. The average molecular weight is 180 g/mol. The van der Waals surface area contributed by atoms with E-state index in [0.717, 1.165) is 5.71 Å². The number of rotatable bonds is 0. The number of hydrogen-bond donors (Lipinski definition) is 0. The van der Waals surface area contributed by atoms with Crippen molar-refractivity contribution >= 4 is 23.1 Å². The van der Waals surface area contributed by atoms with Crippen LogP contribution in [0.15, 0.2) is 40.5 Å². The summed E-state index contributed by atoms with van der Waals surface area (Å²) in [6.07, 6.45) is 8.28. The van der Waals surface area contributed by atoms with Gasteiger partial charge in [-0.1, -0.05) is 17.7 Å². The van der Waals surface area contributed by atoms with E-state index in [-0.39, 0.29) is 11.7 Å². The van der Waals surface area contributed by atoms with Crippen molar-refractivity contribution in [2.75, 3.05) is 0 Å². The van der Waals surface area contributed by atoms with Gasteiger partial charge in [-0.25, -0.2) is 0 Å². The minimum Gasteiger partial charge on any atom is -0.294 e. The van der Waals surface area contributed by atoms with Gasteiger partial charge in [-0.3, -0.25) is 9.79 Å². The van der Waals surface area contributed by atoms with E-state index in [1.54, 1.807) is 18.2 Å². The summed E-state index contributed by atoms with van der Waals surface area (Å²) in [5.41, 5.74) is 0.731. The first-order valence-corrected chi connectivity index (χ1v) is 3.98. The fourth-order valence-corrected chi connectivity index (χ4v) is 1.56. The molecule has 2 rings (SSSR count). The Labute approximate surface area is 74.9 Å². The zero-order chi connectivity index (χ0) is 8.55. The third-order valence-corrected chi connectivity index (χ3v) is 2.19. The van der Waals surface area contributed by atoms with Crippen molar-refractivity contribution in [3.63, 3.8) is 0 Å².